The third-order valence-corrected chi connectivity index (χ3v) is 5.58. The highest BCUT2D eigenvalue weighted by Gasteiger charge is 2.53. The van der Waals surface area contributed by atoms with Crippen molar-refractivity contribution in [2.45, 2.75) is 50.7 Å². The smallest absolute Gasteiger partial charge is 0.302 e. The van der Waals surface area contributed by atoms with E-state index < -0.39 is 0 Å². The molecule has 3 rings (SSSR count). The molecule has 0 N–H and O–H groups in total. The van der Waals surface area contributed by atoms with Gasteiger partial charge in [0.25, 0.3) is 0 Å². The van der Waals surface area contributed by atoms with E-state index in [-0.39, 0.29) is 23.5 Å². The number of nitrogens with zero attached hydrogens (tertiary/aromatic N) is 1. The number of benzene rings is 1. The highest BCUT2D eigenvalue weighted by atomic mass is 16.5. The lowest BCUT2D eigenvalue weighted by molar-refractivity contribution is -0.161. The van der Waals surface area contributed by atoms with Crippen LogP contribution >= 0.6 is 0 Å². The summed E-state index contributed by atoms with van der Waals surface area (Å²) in [7, 11) is 3.83. The maximum Gasteiger partial charge on any atom is 0.302 e. The van der Waals surface area contributed by atoms with E-state index in [1.807, 2.05) is 6.07 Å². The second kappa shape index (κ2) is 5.58. The molecule has 22 heavy (non-hydrogen) atoms. The SMILES string of the molecule is CC[C@]12CCN(C)[C@@H](Cc3ccc(OC)cc31)[C@H]2OC(C)=O. The third kappa shape index (κ3) is 2.21. The molecule has 1 aliphatic carbocycles. The normalized spacial score (nSPS) is 30.5. The number of fused-ring (bicyclic) bond motifs is 4. The number of hydrogen-bond acceptors (Lipinski definition) is 4. The molecule has 4 heteroatoms. The molecule has 0 aromatic heterocycles. The summed E-state index contributed by atoms with van der Waals surface area (Å²) in [6.07, 6.45) is 2.83. The lowest BCUT2D eigenvalue weighted by Gasteiger charge is -2.54. The van der Waals surface area contributed by atoms with Gasteiger partial charge >= 0.3 is 5.97 Å². The van der Waals surface area contributed by atoms with Crippen LogP contribution in [0.2, 0.25) is 0 Å². The molecule has 120 valence electrons. The van der Waals surface area contributed by atoms with Gasteiger partial charge in [0.1, 0.15) is 11.9 Å². The number of piperidine rings is 1. The fourth-order valence-electron chi connectivity index (χ4n) is 4.32. The van der Waals surface area contributed by atoms with Crippen LogP contribution in [0.4, 0.5) is 0 Å². The maximum absolute atomic E-state index is 11.7. The average molecular weight is 303 g/mol. The van der Waals surface area contributed by atoms with Gasteiger partial charge in [-0.1, -0.05) is 13.0 Å². The van der Waals surface area contributed by atoms with Crippen LogP contribution in [0.5, 0.6) is 5.75 Å². The van der Waals surface area contributed by atoms with E-state index in [0.29, 0.717) is 0 Å². The number of rotatable bonds is 3. The van der Waals surface area contributed by atoms with Crippen molar-refractivity contribution in [3.63, 3.8) is 0 Å². The Morgan fingerprint density at radius 3 is 2.86 bits per heavy atom. The maximum atomic E-state index is 11.7. The molecule has 4 nitrogen and oxygen atoms in total. The molecule has 3 atom stereocenters. The van der Waals surface area contributed by atoms with E-state index in [0.717, 1.165) is 31.6 Å². The molecule has 0 unspecified atom stereocenters. The molecule has 2 aliphatic rings. The Labute approximate surface area is 132 Å². The zero-order valence-corrected chi connectivity index (χ0v) is 13.9. The van der Waals surface area contributed by atoms with Crippen LogP contribution in [0, 0.1) is 0 Å². The van der Waals surface area contributed by atoms with Gasteiger partial charge in [-0.2, -0.15) is 0 Å². The topological polar surface area (TPSA) is 38.8 Å². The van der Waals surface area contributed by atoms with Crippen LogP contribution in [-0.4, -0.2) is 43.7 Å². The Balaban J connectivity index is 2.14. The Bertz CT molecular complexity index is 586. The molecule has 0 amide bonds. The summed E-state index contributed by atoms with van der Waals surface area (Å²) in [5, 5.41) is 0. The first-order valence-electron chi connectivity index (χ1n) is 8.06. The number of carbonyl (C=O) groups excluding carboxylic acids is 1. The van der Waals surface area contributed by atoms with E-state index in [1.54, 1.807) is 7.11 Å². The molecule has 1 aliphatic heterocycles. The number of hydrogen-bond donors (Lipinski definition) is 0. The standard InChI is InChI=1S/C18H25NO3/c1-5-18-8-9-19(3)16(17(18)22-12(2)20)10-13-6-7-14(21-4)11-15(13)18/h6-7,11,16-17H,5,8-10H2,1-4H3/t16-,17+,18-/m0/s1. The lowest BCUT2D eigenvalue weighted by atomic mass is 9.60. The Kier molecular flexibility index (Phi) is 3.89. The predicted molar refractivity (Wildman–Crippen MR) is 85.3 cm³/mol. The zero-order chi connectivity index (χ0) is 15.9. The van der Waals surface area contributed by atoms with Gasteiger partial charge in [-0.25, -0.2) is 0 Å². The van der Waals surface area contributed by atoms with E-state index in [4.69, 9.17) is 9.47 Å². The van der Waals surface area contributed by atoms with Crippen molar-refractivity contribution in [1.82, 2.24) is 4.90 Å². The fraction of sp³-hybridized carbons (Fsp3) is 0.611. The molecule has 2 bridgehead atoms. The van der Waals surface area contributed by atoms with E-state index in [2.05, 4.69) is 31.0 Å². The molecule has 0 saturated carbocycles. The van der Waals surface area contributed by atoms with Crippen molar-refractivity contribution in [1.29, 1.82) is 0 Å². The zero-order valence-electron chi connectivity index (χ0n) is 13.9. The molecular weight excluding hydrogens is 278 g/mol. The van der Waals surface area contributed by atoms with Crippen LogP contribution in [0.3, 0.4) is 0 Å². The van der Waals surface area contributed by atoms with Crippen molar-refractivity contribution in [2.24, 2.45) is 0 Å². The lowest BCUT2D eigenvalue weighted by Crippen LogP contribution is -2.63. The molecule has 1 aromatic carbocycles. The first-order valence-corrected chi connectivity index (χ1v) is 8.06. The molecule has 1 aromatic rings. The Morgan fingerprint density at radius 1 is 1.45 bits per heavy atom. The molecule has 0 radical (unpaired) electrons. The molecular formula is C18H25NO3. The van der Waals surface area contributed by atoms with Crippen LogP contribution in [-0.2, 0) is 21.4 Å². The number of esters is 1. The highest BCUT2D eigenvalue weighted by Crippen LogP contribution is 2.49. The molecule has 1 fully saturated rings. The summed E-state index contributed by atoms with van der Waals surface area (Å²) < 4.78 is 11.3. The van der Waals surface area contributed by atoms with Crippen molar-refractivity contribution in [2.75, 3.05) is 20.7 Å². The van der Waals surface area contributed by atoms with E-state index in [9.17, 15) is 4.79 Å². The largest absolute Gasteiger partial charge is 0.497 e. The number of ether oxygens (including phenoxy) is 2. The van der Waals surface area contributed by atoms with Gasteiger partial charge in [-0.05, 0) is 56.1 Å². The average Bonchev–Trinajstić information content (AvgIpc) is 2.51. The number of methoxy groups -OCH3 is 1. The summed E-state index contributed by atoms with van der Waals surface area (Å²) in [6, 6.07) is 6.62. The Hall–Kier alpha value is -1.55. The highest BCUT2D eigenvalue weighted by molar-refractivity contribution is 5.66. The summed E-state index contributed by atoms with van der Waals surface area (Å²) in [6.45, 7) is 4.75. The van der Waals surface area contributed by atoms with Crippen LogP contribution in [0.25, 0.3) is 0 Å². The fourth-order valence-corrected chi connectivity index (χ4v) is 4.32. The van der Waals surface area contributed by atoms with Gasteiger partial charge in [-0.3, -0.25) is 9.69 Å². The summed E-state index contributed by atoms with van der Waals surface area (Å²) in [5.74, 6) is 0.694. The van der Waals surface area contributed by atoms with Crippen LogP contribution < -0.4 is 4.74 Å². The van der Waals surface area contributed by atoms with Crippen molar-refractivity contribution in [3.8, 4) is 5.75 Å². The molecule has 1 saturated heterocycles. The predicted octanol–water partition coefficient (Wildman–Crippen LogP) is 2.53. The monoisotopic (exact) mass is 303 g/mol. The minimum Gasteiger partial charge on any atom is -0.497 e. The minimum absolute atomic E-state index is 0.0756. The third-order valence-electron chi connectivity index (χ3n) is 5.58. The number of likely N-dealkylation sites (N-methyl/N-ethyl adjacent to an activating group) is 1. The summed E-state index contributed by atoms with van der Waals surface area (Å²) in [4.78, 5) is 14.0. The van der Waals surface area contributed by atoms with Gasteiger partial charge in [-0.15, -0.1) is 0 Å². The molecule has 0 spiro atoms. The van der Waals surface area contributed by atoms with Crippen LogP contribution in [0.1, 0.15) is 37.8 Å². The van der Waals surface area contributed by atoms with Crippen LogP contribution in [0.15, 0.2) is 18.2 Å². The van der Waals surface area contributed by atoms with E-state index in [1.165, 1.54) is 18.1 Å². The van der Waals surface area contributed by atoms with Crippen molar-refractivity contribution >= 4 is 5.97 Å². The van der Waals surface area contributed by atoms with Gasteiger partial charge in [0, 0.05) is 12.3 Å². The number of carbonyl (C=O) groups is 1. The van der Waals surface area contributed by atoms with Gasteiger partial charge in [0.05, 0.1) is 13.2 Å². The quantitative estimate of drug-likeness (QED) is 0.804. The Morgan fingerprint density at radius 2 is 2.23 bits per heavy atom. The number of likely N-dealkylation sites (tertiary alicyclic amines) is 1. The first-order chi connectivity index (χ1) is 10.5. The van der Waals surface area contributed by atoms with Crippen molar-refractivity contribution < 1.29 is 14.3 Å². The minimum atomic E-state index is -0.186. The first kappa shape index (κ1) is 15.3. The van der Waals surface area contributed by atoms with Gasteiger partial charge < -0.3 is 9.47 Å². The second-order valence-corrected chi connectivity index (χ2v) is 6.56. The van der Waals surface area contributed by atoms with Gasteiger partial charge in [0.15, 0.2) is 0 Å². The summed E-state index contributed by atoms with van der Waals surface area (Å²) >= 11 is 0. The van der Waals surface area contributed by atoms with Crippen molar-refractivity contribution in [3.05, 3.63) is 29.3 Å². The van der Waals surface area contributed by atoms with E-state index >= 15 is 0 Å². The van der Waals surface area contributed by atoms with Gasteiger partial charge in [0.2, 0.25) is 0 Å². The molecule has 1 heterocycles. The second-order valence-electron chi connectivity index (χ2n) is 6.56. The summed E-state index contributed by atoms with van der Waals surface area (Å²) in [5.41, 5.74) is 2.58.